The molecule has 2 aliphatic rings. The number of benzene rings is 1. The number of carbonyl (C=O) groups is 2. The number of aliphatic hydroxyl groups excluding tert-OH is 1. The first-order valence-corrected chi connectivity index (χ1v) is 8.33. The van der Waals surface area contributed by atoms with Crippen LogP contribution >= 0.6 is 0 Å². The minimum atomic E-state index is -0.929. The van der Waals surface area contributed by atoms with E-state index >= 15 is 0 Å². The lowest BCUT2D eigenvalue weighted by Crippen LogP contribution is -2.46. The number of aliphatic hydroxyl groups is 1. The standard InChI is InChI=1S/C18H24N2O4/c1-11-4-7-15(12(2)8-11)24-10-14(21)9-20-16(22)18(3,13-5-6-13)19-17(20)23/h4,7-8,13-14,21H,5-6,9-10H2,1-3H3,(H,19,23)/t14-,18-/m1/s1. The first-order chi connectivity index (χ1) is 11.3. The summed E-state index contributed by atoms with van der Waals surface area (Å²) in [5.41, 5.74) is 1.31. The normalized spacial score (nSPS) is 24.9. The Morgan fingerprint density at radius 2 is 2.08 bits per heavy atom. The van der Waals surface area contributed by atoms with Crippen LogP contribution in [0.25, 0.3) is 0 Å². The van der Waals surface area contributed by atoms with Gasteiger partial charge in [0.05, 0.1) is 6.54 Å². The smallest absolute Gasteiger partial charge is 0.325 e. The summed E-state index contributed by atoms with van der Waals surface area (Å²) in [6.07, 6.45) is 0.977. The quantitative estimate of drug-likeness (QED) is 0.778. The highest BCUT2D eigenvalue weighted by Crippen LogP contribution is 2.42. The van der Waals surface area contributed by atoms with Crippen LogP contribution in [0.15, 0.2) is 18.2 Å². The number of hydrogen-bond acceptors (Lipinski definition) is 4. The van der Waals surface area contributed by atoms with Crippen molar-refractivity contribution in [2.24, 2.45) is 5.92 Å². The van der Waals surface area contributed by atoms with E-state index < -0.39 is 17.7 Å². The van der Waals surface area contributed by atoms with Gasteiger partial charge in [0.2, 0.25) is 0 Å². The number of carbonyl (C=O) groups excluding carboxylic acids is 2. The van der Waals surface area contributed by atoms with Gasteiger partial charge >= 0.3 is 6.03 Å². The molecule has 2 fully saturated rings. The number of aryl methyl sites for hydroxylation is 2. The van der Waals surface area contributed by atoms with Gasteiger partial charge in [-0.15, -0.1) is 0 Å². The van der Waals surface area contributed by atoms with Crippen LogP contribution in [0.5, 0.6) is 5.75 Å². The van der Waals surface area contributed by atoms with Crippen molar-refractivity contribution in [2.45, 2.75) is 45.3 Å². The molecule has 0 spiro atoms. The fraction of sp³-hybridized carbons (Fsp3) is 0.556. The average molecular weight is 332 g/mol. The summed E-state index contributed by atoms with van der Waals surface area (Å²) in [5, 5.41) is 12.9. The van der Waals surface area contributed by atoms with E-state index in [0.717, 1.165) is 28.9 Å². The van der Waals surface area contributed by atoms with E-state index in [-0.39, 0.29) is 25.0 Å². The third-order valence-corrected chi connectivity index (χ3v) is 4.85. The van der Waals surface area contributed by atoms with Gasteiger partial charge in [-0.25, -0.2) is 4.79 Å². The molecule has 2 atom stereocenters. The molecule has 1 saturated heterocycles. The Morgan fingerprint density at radius 1 is 1.38 bits per heavy atom. The number of rotatable bonds is 6. The molecule has 3 amide bonds. The Balaban J connectivity index is 1.57. The lowest BCUT2D eigenvalue weighted by atomic mass is 9.96. The predicted octanol–water partition coefficient (Wildman–Crippen LogP) is 1.76. The van der Waals surface area contributed by atoms with Crippen LogP contribution in [0.3, 0.4) is 0 Å². The maximum Gasteiger partial charge on any atom is 0.325 e. The summed E-state index contributed by atoms with van der Waals surface area (Å²) in [6.45, 7) is 5.68. The Bertz CT molecular complexity index is 671. The third kappa shape index (κ3) is 3.11. The van der Waals surface area contributed by atoms with Crippen molar-refractivity contribution in [2.75, 3.05) is 13.2 Å². The highest BCUT2D eigenvalue weighted by molar-refractivity contribution is 6.07. The first kappa shape index (κ1) is 16.8. The second-order valence-electron chi connectivity index (χ2n) is 7.06. The van der Waals surface area contributed by atoms with Gasteiger partial charge in [0, 0.05) is 0 Å². The maximum atomic E-state index is 12.5. The van der Waals surface area contributed by atoms with E-state index in [2.05, 4.69) is 5.32 Å². The van der Waals surface area contributed by atoms with Gasteiger partial charge < -0.3 is 15.2 Å². The molecule has 1 saturated carbocycles. The van der Waals surface area contributed by atoms with Crippen molar-refractivity contribution in [3.05, 3.63) is 29.3 Å². The lowest BCUT2D eigenvalue weighted by Gasteiger charge is -2.22. The minimum absolute atomic E-state index is 0.0289. The summed E-state index contributed by atoms with van der Waals surface area (Å²) >= 11 is 0. The molecule has 1 aromatic rings. The second-order valence-corrected chi connectivity index (χ2v) is 7.06. The molecule has 0 radical (unpaired) electrons. The Morgan fingerprint density at radius 3 is 2.71 bits per heavy atom. The van der Waals surface area contributed by atoms with Crippen LogP contribution in [-0.2, 0) is 4.79 Å². The molecule has 130 valence electrons. The van der Waals surface area contributed by atoms with Crippen molar-refractivity contribution in [1.29, 1.82) is 0 Å². The highest BCUT2D eigenvalue weighted by Gasteiger charge is 2.56. The van der Waals surface area contributed by atoms with Crippen LogP contribution in [0.4, 0.5) is 4.79 Å². The van der Waals surface area contributed by atoms with Crippen molar-refractivity contribution in [3.8, 4) is 5.75 Å². The molecule has 1 aliphatic carbocycles. The van der Waals surface area contributed by atoms with Crippen molar-refractivity contribution < 1.29 is 19.4 Å². The molecule has 0 unspecified atom stereocenters. The zero-order valence-corrected chi connectivity index (χ0v) is 14.3. The number of nitrogens with zero attached hydrogens (tertiary/aromatic N) is 1. The SMILES string of the molecule is Cc1ccc(OC[C@H](O)CN2C(=O)N[C@](C)(C3CC3)C2=O)c(C)c1. The number of amides is 3. The largest absolute Gasteiger partial charge is 0.491 e. The first-order valence-electron chi connectivity index (χ1n) is 8.33. The predicted molar refractivity (Wildman–Crippen MR) is 88.8 cm³/mol. The Labute approximate surface area is 141 Å². The van der Waals surface area contributed by atoms with E-state index in [4.69, 9.17) is 4.74 Å². The van der Waals surface area contributed by atoms with E-state index in [1.165, 1.54) is 0 Å². The van der Waals surface area contributed by atoms with E-state index in [9.17, 15) is 14.7 Å². The zero-order chi connectivity index (χ0) is 17.5. The number of urea groups is 1. The number of ether oxygens (including phenoxy) is 1. The van der Waals surface area contributed by atoms with E-state index in [1.54, 1.807) is 6.92 Å². The van der Waals surface area contributed by atoms with Gasteiger partial charge in [-0.2, -0.15) is 0 Å². The molecule has 2 N–H and O–H groups in total. The van der Waals surface area contributed by atoms with Gasteiger partial charge in [-0.1, -0.05) is 17.7 Å². The topological polar surface area (TPSA) is 78.9 Å². The minimum Gasteiger partial charge on any atom is -0.491 e. The van der Waals surface area contributed by atoms with Gasteiger partial charge in [-0.3, -0.25) is 9.69 Å². The second kappa shape index (κ2) is 6.09. The fourth-order valence-corrected chi connectivity index (χ4v) is 3.23. The van der Waals surface area contributed by atoms with E-state index in [0.29, 0.717) is 5.75 Å². The molecule has 0 aromatic heterocycles. The van der Waals surface area contributed by atoms with Crippen LogP contribution in [0.2, 0.25) is 0 Å². The fourth-order valence-electron chi connectivity index (χ4n) is 3.23. The molecule has 1 heterocycles. The molecular formula is C18H24N2O4. The van der Waals surface area contributed by atoms with Crippen molar-refractivity contribution in [3.63, 3.8) is 0 Å². The molecule has 6 heteroatoms. The zero-order valence-electron chi connectivity index (χ0n) is 14.3. The number of β-amino-alcohol motifs (C(OH)–C–C–N with tert-alkyl or cyclic N) is 1. The van der Waals surface area contributed by atoms with Gasteiger partial charge in [0.15, 0.2) is 0 Å². The summed E-state index contributed by atoms with van der Waals surface area (Å²) in [7, 11) is 0. The summed E-state index contributed by atoms with van der Waals surface area (Å²) in [5.74, 6) is 0.655. The summed E-state index contributed by atoms with van der Waals surface area (Å²) < 4.78 is 5.63. The molecule has 0 bridgehead atoms. The molecule has 6 nitrogen and oxygen atoms in total. The molecule has 1 aromatic carbocycles. The Hall–Kier alpha value is -2.08. The van der Waals surface area contributed by atoms with Gasteiger partial charge in [0.25, 0.3) is 5.91 Å². The van der Waals surface area contributed by atoms with Crippen LogP contribution in [-0.4, -0.2) is 46.7 Å². The maximum absolute atomic E-state index is 12.5. The number of imide groups is 1. The number of hydrogen-bond donors (Lipinski definition) is 2. The van der Waals surface area contributed by atoms with Crippen LogP contribution < -0.4 is 10.1 Å². The summed E-state index contributed by atoms with van der Waals surface area (Å²) in [4.78, 5) is 25.7. The van der Waals surface area contributed by atoms with E-state index in [1.807, 2.05) is 32.0 Å². The van der Waals surface area contributed by atoms with Gasteiger partial charge in [-0.05, 0) is 51.2 Å². The molecule has 3 rings (SSSR count). The highest BCUT2D eigenvalue weighted by atomic mass is 16.5. The van der Waals surface area contributed by atoms with Crippen LogP contribution in [0.1, 0.15) is 30.9 Å². The molecular weight excluding hydrogens is 308 g/mol. The van der Waals surface area contributed by atoms with Crippen LogP contribution in [0, 0.1) is 19.8 Å². The lowest BCUT2D eigenvalue weighted by molar-refractivity contribution is -0.132. The molecule has 1 aliphatic heterocycles. The Kier molecular flexibility index (Phi) is 4.25. The number of nitrogens with one attached hydrogen (secondary N) is 1. The molecule has 24 heavy (non-hydrogen) atoms. The average Bonchev–Trinajstić information content (AvgIpc) is 3.33. The third-order valence-electron chi connectivity index (χ3n) is 4.85. The summed E-state index contributed by atoms with van der Waals surface area (Å²) in [6, 6.07) is 5.36. The van der Waals surface area contributed by atoms with Crippen molar-refractivity contribution in [1.82, 2.24) is 10.2 Å². The van der Waals surface area contributed by atoms with Gasteiger partial charge in [0.1, 0.15) is 24.0 Å². The monoisotopic (exact) mass is 332 g/mol. The van der Waals surface area contributed by atoms with Crippen molar-refractivity contribution >= 4 is 11.9 Å².